The van der Waals surface area contributed by atoms with Crippen molar-refractivity contribution in [3.63, 3.8) is 0 Å². The average Bonchev–Trinajstić information content (AvgIpc) is 2.89. The van der Waals surface area contributed by atoms with Crippen molar-refractivity contribution in [3.8, 4) is 0 Å². The van der Waals surface area contributed by atoms with Crippen LogP contribution < -0.4 is 15.4 Å². The van der Waals surface area contributed by atoms with Crippen molar-refractivity contribution in [2.45, 2.75) is 37.1 Å². The molecule has 0 aromatic heterocycles. The lowest BCUT2D eigenvalue weighted by Gasteiger charge is -2.27. The molecule has 0 spiro atoms. The van der Waals surface area contributed by atoms with E-state index in [4.69, 9.17) is 4.74 Å². The Morgan fingerprint density at radius 3 is 2.38 bits per heavy atom. The van der Waals surface area contributed by atoms with Crippen molar-refractivity contribution in [1.29, 1.82) is 0 Å². The molecule has 0 saturated carbocycles. The van der Waals surface area contributed by atoms with Crippen molar-refractivity contribution in [2.75, 3.05) is 25.1 Å². The number of hydrogen-bond acceptors (Lipinski definition) is 5. The summed E-state index contributed by atoms with van der Waals surface area (Å²) in [6.07, 6.45) is 1.96. The van der Waals surface area contributed by atoms with Gasteiger partial charge in [0, 0.05) is 41.8 Å². The Hall–Kier alpha value is -3.34. The van der Waals surface area contributed by atoms with E-state index < -0.39 is 33.7 Å². The van der Waals surface area contributed by atoms with E-state index in [0.717, 1.165) is 12.8 Å². The molecule has 196 valence electrons. The Bertz CT molecular complexity index is 1370. The average molecular weight is 528 g/mol. The van der Waals surface area contributed by atoms with Crippen LogP contribution in [-0.2, 0) is 19.6 Å². The Morgan fingerprint density at radius 2 is 1.68 bits per heavy atom. The summed E-state index contributed by atoms with van der Waals surface area (Å²) in [5.74, 6) is -1.18. The highest BCUT2D eigenvalue weighted by Crippen LogP contribution is 2.29. The zero-order chi connectivity index (χ0) is 26.4. The van der Waals surface area contributed by atoms with Gasteiger partial charge in [-0.05, 0) is 61.6 Å². The molecule has 0 aliphatic carbocycles. The molecule has 10 heteroatoms. The summed E-state index contributed by atoms with van der Waals surface area (Å²) in [4.78, 5) is 26.5. The second-order valence-corrected chi connectivity index (χ2v) is 10.7. The third-order valence-electron chi connectivity index (χ3n) is 6.40. The fraction of sp³-hybridized carbons (Fsp3) is 0.333. The van der Waals surface area contributed by atoms with Crippen LogP contribution in [0.5, 0.6) is 0 Å². The molecule has 3 aromatic rings. The molecule has 37 heavy (non-hydrogen) atoms. The molecule has 3 aromatic carbocycles. The molecular weight excluding hydrogens is 497 g/mol. The fourth-order valence-electron chi connectivity index (χ4n) is 4.50. The maximum Gasteiger partial charge on any atom is 0.251 e. The Morgan fingerprint density at radius 1 is 1.00 bits per heavy atom. The monoisotopic (exact) mass is 527 g/mol. The van der Waals surface area contributed by atoms with Crippen molar-refractivity contribution >= 4 is 38.3 Å². The minimum Gasteiger partial charge on any atom is -0.381 e. The van der Waals surface area contributed by atoms with Crippen LogP contribution in [0.25, 0.3) is 10.8 Å². The van der Waals surface area contributed by atoms with Crippen molar-refractivity contribution in [1.82, 2.24) is 10.0 Å². The van der Waals surface area contributed by atoms with Crippen molar-refractivity contribution in [3.05, 3.63) is 72.0 Å². The van der Waals surface area contributed by atoms with Crippen LogP contribution in [0.4, 0.5) is 10.1 Å². The molecule has 1 aliphatic heterocycles. The smallest absolute Gasteiger partial charge is 0.251 e. The lowest BCUT2D eigenvalue weighted by molar-refractivity contribution is -0.118. The topological polar surface area (TPSA) is 114 Å². The highest BCUT2D eigenvalue weighted by molar-refractivity contribution is 7.89. The zero-order valence-electron chi connectivity index (χ0n) is 20.5. The molecule has 1 fully saturated rings. The number of sulfonamides is 1. The van der Waals surface area contributed by atoms with E-state index in [-0.39, 0.29) is 22.9 Å². The second kappa shape index (κ2) is 11.8. The standard InChI is InChI=1S/C27H30FN3O5S/c1-2-29-37(34,35)25-8-4-5-21-22(25)6-3-7-23(21)30-27(33)24(17-18-13-15-36-16-14-18)31-26(32)19-9-11-20(28)12-10-19/h3-12,18,24,29H,2,13-17H2,1H3,(H,30,33)(H,31,32)/t24-/m0/s1. The molecule has 8 nitrogen and oxygen atoms in total. The van der Waals surface area contributed by atoms with E-state index in [2.05, 4.69) is 15.4 Å². The molecule has 3 N–H and O–H groups in total. The third-order valence-corrected chi connectivity index (χ3v) is 8.01. The first-order valence-corrected chi connectivity index (χ1v) is 13.7. The van der Waals surface area contributed by atoms with Gasteiger partial charge in [-0.3, -0.25) is 9.59 Å². The predicted octanol–water partition coefficient (Wildman–Crippen LogP) is 3.83. The number of carbonyl (C=O) groups excluding carboxylic acids is 2. The normalized spacial score (nSPS) is 15.3. The zero-order valence-corrected chi connectivity index (χ0v) is 21.3. The number of anilines is 1. The van der Waals surface area contributed by atoms with Gasteiger partial charge in [-0.1, -0.05) is 31.2 Å². The summed E-state index contributed by atoms with van der Waals surface area (Å²) in [6, 6.07) is 14.2. The van der Waals surface area contributed by atoms with Crippen LogP contribution in [0.1, 0.15) is 36.5 Å². The van der Waals surface area contributed by atoms with Gasteiger partial charge in [0.15, 0.2) is 0 Å². The molecule has 1 aliphatic rings. The molecule has 1 saturated heterocycles. The Labute approximate surface area is 215 Å². The summed E-state index contributed by atoms with van der Waals surface area (Å²) in [5, 5.41) is 6.72. The van der Waals surface area contributed by atoms with E-state index in [1.807, 2.05) is 0 Å². The second-order valence-electron chi connectivity index (χ2n) is 8.97. The van der Waals surface area contributed by atoms with E-state index >= 15 is 0 Å². The van der Waals surface area contributed by atoms with Crippen LogP contribution in [0.15, 0.2) is 65.6 Å². The van der Waals surface area contributed by atoms with Gasteiger partial charge in [-0.15, -0.1) is 0 Å². The minimum absolute atomic E-state index is 0.117. The van der Waals surface area contributed by atoms with Crippen LogP contribution in [0, 0.1) is 11.7 Å². The highest BCUT2D eigenvalue weighted by Gasteiger charge is 2.27. The minimum atomic E-state index is -3.73. The molecule has 0 unspecified atom stereocenters. The molecule has 1 heterocycles. The number of hydrogen-bond donors (Lipinski definition) is 3. The van der Waals surface area contributed by atoms with Crippen molar-refractivity contribution < 1.29 is 27.1 Å². The van der Waals surface area contributed by atoms with Crippen molar-refractivity contribution in [2.24, 2.45) is 5.92 Å². The van der Waals surface area contributed by atoms with Crippen LogP contribution in [0.3, 0.4) is 0 Å². The number of amides is 2. The molecule has 0 radical (unpaired) electrons. The van der Waals surface area contributed by atoms with Gasteiger partial charge in [-0.25, -0.2) is 17.5 Å². The molecular formula is C27H30FN3O5S. The van der Waals surface area contributed by atoms with Crippen LogP contribution in [-0.4, -0.2) is 46.0 Å². The van der Waals surface area contributed by atoms with Gasteiger partial charge < -0.3 is 15.4 Å². The molecule has 1 atom stereocenters. The van der Waals surface area contributed by atoms with Gasteiger partial charge >= 0.3 is 0 Å². The van der Waals surface area contributed by atoms with Crippen LogP contribution >= 0.6 is 0 Å². The first-order valence-electron chi connectivity index (χ1n) is 12.2. The van der Waals surface area contributed by atoms with Gasteiger partial charge in [0.2, 0.25) is 15.9 Å². The maximum absolute atomic E-state index is 13.5. The largest absolute Gasteiger partial charge is 0.381 e. The number of rotatable bonds is 9. The number of ether oxygens (including phenoxy) is 1. The lowest BCUT2D eigenvalue weighted by Crippen LogP contribution is -2.45. The van der Waals surface area contributed by atoms with Gasteiger partial charge in [0.1, 0.15) is 11.9 Å². The SMILES string of the molecule is CCNS(=O)(=O)c1cccc2c(NC(=O)[C@H](CC3CCOCC3)NC(=O)c3ccc(F)cc3)cccc12. The number of nitrogens with one attached hydrogen (secondary N) is 3. The molecule has 2 amide bonds. The van der Waals surface area contributed by atoms with Gasteiger partial charge in [-0.2, -0.15) is 0 Å². The predicted molar refractivity (Wildman–Crippen MR) is 139 cm³/mol. The van der Waals surface area contributed by atoms with Gasteiger partial charge in [0.05, 0.1) is 4.90 Å². The van der Waals surface area contributed by atoms with Gasteiger partial charge in [0.25, 0.3) is 5.91 Å². The molecule has 0 bridgehead atoms. The number of fused-ring (bicyclic) bond motifs is 1. The Balaban J connectivity index is 1.61. The summed E-state index contributed by atoms with van der Waals surface area (Å²) in [6.45, 7) is 3.14. The first kappa shape index (κ1) is 26.7. The number of carbonyl (C=O) groups is 2. The molecule has 4 rings (SSSR count). The third kappa shape index (κ3) is 6.51. The summed E-state index contributed by atoms with van der Waals surface area (Å²) in [5.41, 5.74) is 0.679. The maximum atomic E-state index is 13.5. The fourth-order valence-corrected chi connectivity index (χ4v) is 5.76. The summed E-state index contributed by atoms with van der Waals surface area (Å²) in [7, 11) is -3.73. The quantitative estimate of drug-likeness (QED) is 0.391. The van der Waals surface area contributed by atoms with E-state index in [9.17, 15) is 22.4 Å². The highest BCUT2D eigenvalue weighted by atomic mass is 32.2. The van der Waals surface area contributed by atoms with E-state index in [1.165, 1.54) is 30.3 Å². The lowest BCUT2D eigenvalue weighted by atomic mass is 9.92. The number of halogens is 1. The van der Waals surface area contributed by atoms with E-state index in [0.29, 0.717) is 36.1 Å². The first-order chi connectivity index (χ1) is 17.8. The summed E-state index contributed by atoms with van der Waals surface area (Å²) < 4.78 is 46.7. The Kier molecular flexibility index (Phi) is 8.52. The van der Waals surface area contributed by atoms with E-state index in [1.54, 1.807) is 37.3 Å². The summed E-state index contributed by atoms with van der Waals surface area (Å²) >= 11 is 0. The van der Waals surface area contributed by atoms with Crippen LogP contribution in [0.2, 0.25) is 0 Å². The number of benzene rings is 3.